The molecule has 3 saturated carbocycles. The van der Waals surface area contributed by atoms with Gasteiger partial charge in [0.2, 0.25) is 0 Å². The average molecular weight is 864 g/mol. The molecule has 4 unspecified atom stereocenters. The normalized spacial score (nSPS) is 28.5. The van der Waals surface area contributed by atoms with E-state index in [-0.39, 0.29) is 6.10 Å². The Balaban J connectivity index is 0.980. The van der Waals surface area contributed by atoms with E-state index in [4.69, 9.17) is 14.2 Å². The number of unbranched alkanes of at least 4 members (excludes halogenated alkanes) is 14. The van der Waals surface area contributed by atoms with Crippen LogP contribution in [-0.2, 0) is 14.2 Å². The number of nitrogens with zero attached hydrogens (tertiary/aromatic N) is 1. The zero-order valence-electron chi connectivity index (χ0n) is 42.7. The predicted molar refractivity (Wildman–Crippen MR) is 269 cm³/mol. The SMILES string of the molecule is CCCCC/C=C\C/C=C\CCCCCCCCOCC(CN(C)C)OCCCCCCCCO[C@H]1CC[C@@]2(C)C(=CCC3C2CC[C@@]2(C)C3CC[C@@H]2[C@H](C)CCCC(C)C)C1. The second kappa shape index (κ2) is 30.4. The van der Waals surface area contributed by atoms with Crippen molar-refractivity contribution in [2.45, 2.75) is 240 Å². The number of hydrogen-bond donors (Lipinski definition) is 0. The van der Waals surface area contributed by atoms with Crippen LogP contribution in [0.1, 0.15) is 228 Å². The van der Waals surface area contributed by atoms with Crippen molar-refractivity contribution in [3.8, 4) is 0 Å². The quantitative estimate of drug-likeness (QED) is 0.0469. The smallest absolute Gasteiger partial charge is 0.0934 e. The van der Waals surface area contributed by atoms with Crippen molar-refractivity contribution in [1.29, 1.82) is 0 Å². The highest BCUT2D eigenvalue weighted by Gasteiger charge is 2.59. The fourth-order valence-corrected chi connectivity index (χ4v) is 13.2. The molecule has 0 aromatic rings. The first-order chi connectivity index (χ1) is 30.1. The summed E-state index contributed by atoms with van der Waals surface area (Å²) in [7, 11) is 4.28. The lowest BCUT2D eigenvalue weighted by Crippen LogP contribution is -2.51. The molecule has 4 aliphatic carbocycles. The molecule has 4 rings (SSSR count). The molecule has 0 spiro atoms. The third kappa shape index (κ3) is 18.4. The first-order valence-electron chi connectivity index (χ1n) is 27.5. The maximum atomic E-state index is 6.61. The lowest BCUT2D eigenvalue weighted by molar-refractivity contribution is -0.0641. The highest BCUT2D eigenvalue weighted by atomic mass is 16.5. The number of allylic oxidation sites excluding steroid dienone is 5. The van der Waals surface area contributed by atoms with Crippen LogP contribution in [-0.4, -0.2) is 64.2 Å². The minimum absolute atomic E-state index is 0.173. The molecule has 4 nitrogen and oxygen atoms in total. The van der Waals surface area contributed by atoms with E-state index < -0.39 is 0 Å². The van der Waals surface area contributed by atoms with E-state index in [1.807, 2.05) is 0 Å². The predicted octanol–water partition coefficient (Wildman–Crippen LogP) is 16.5. The van der Waals surface area contributed by atoms with Gasteiger partial charge in [-0.05, 0) is 163 Å². The van der Waals surface area contributed by atoms with Crippen LogP contribution < -0.4 is 0 Å². The summed E-state index contributed by atoms with van der Waals surface area (Å²) in [4.78, 5) is 2.23. The molecular weight excluding hydrogens is 759 g/mol. The summed E-state index contributed by atoms with van der Waals surface area (Å²) in [5, 5.41) is 0. The van der Waals surface area contributed by atoms with E-state index in [0.29, 0.717) is 16.9 Å². The summed E-state index contributed by atoms with van der Waals surface area (Å²) in [5.74, 6) is 5.49. The van der Waals surface area contributed by atoms with E-state index >= 15 is 0 Å². The third-order valence-electron chi connectivity index (χ3n) is 16.9. The number of fused-ring (bicyclic) bond motifs is 5. The van der Waals surface area contributed by atoms with Crippen LogP contribution in [0.25, 0.3) is 0 Å². The first-order valence-corrected chi connectivity index (χ1v) is 27.5. The minimum atomic E-state index is 0.173. The Morgan fingerprint density at radius 1 is 0.694 bits per heavy atom. The Hall–Kier alpha value is -0.940. The molecule has 0 aromatic carbocycles. The van der Waals surface area contributed by atoms with Gasteiger partial charge in [-0.1, -0.05) is 161 Å². The van der Waals surface area contributed by atoms with Crippen molar-refractivity contribution in [2.75, 3.05) is 47.1 Å². The largest absolute Gasteiger partial charge is 0.379 e. The van der Waals surface area contributed by atoms with Gasteiger partial charge >= 0.3 is 0 Å². The molecule has 0 aliphatic heterocycles. The summed E-state index contributed by atoms with van der Waals surface area (Å²) in [5.41, 5.74) is 2.79. The molecule has 3 fully saturated rings. The second-order valence-corrected chi connectivity index (χ2v) is 22.6. The summed E-state index contributed by atoms with van der Waals surface area (Å²) in [6.45, 7) is 19.4. The van der Waals surface area contributed by atoms with Crippen molar-refractivity contribution in [3.05, 3.63) is 36.0 Å². The number of rotatable bonds is 35. The third-order valence-corrected chi connectivity index (χ3v) is 16.9. The lowest BCUT2D eigenvalue weighted by Gasteiger charge is -2.58. The molecule has 0 bridgehead atoms. The van der Waals surface area contributed by atoms with Crippen LogP contribution in [0, 0.1) is 46.3 Å². The van der Waals surface area contributed by atoms with E-state index in [0.717, 1.165) is 81.3 Å². The summed E-state index contributed by atoms with van der Waals surface area (Å²) in [6.07, 6.45) is 51.1. The van der Waals surface area contributed by atoms with Crippen molar-refractivity contribution >= 4 is 0 Å². The van der Waals surface area contributed by atoms with Crippen LogP contribution >= 0.6 is 0 Å². The van der Waals surface area contributed by atoms with Gasteiger partial charge in [0.25, 0.3) is 0 Å². The summed E-state index contributed by atoms with van der Waals surface area (Å²) in [6, 6.07) is 0. The molecule has 0 amide bonds. The maximum Gasteiger partial charge on any atom is 0.0934 e. The van der Waals surface area contributed by atoms with E-state index in [1.54, 1.807) is 5.57 Å². The van der Waals surface area contributed by atoms with Crippen LogP contribution in [0.2, 0.25) is 0 Å². The van der Waals surface area contributed by atoms with E-state index in [1.165, 1.54) is 173 Å². The Morgan fingerprint density at radius 3 is 2.05 bits per heavy atom. The van der Waals surface area contributed by atoms with Gasteiger partial charge in [-0.2, -0.15) is 0 Å². The molecule has 4 heteroatoms. The van der Waals surface area contributed by atoms with Gasteiger partial charge in [-0.15, -0.1) is 0 Å². The molecule has 4 aliphatic rings. The number of hydrogen-bond acceptors (Lipinski definition) is 4. The van der Waals surface area contributed by atoms with Gasteiger partial charge in [0, 0.05) is 26.4 Å². The van der Waals surface area contributed by atoms with Gasteiger partial charge in [-0.25, -0.2) is 0 Å². The Bertz CT molecular complexity index is 1240. The average Bonchev–Trinajstić information content (AvgIpc) is 3.60. The first kappa shape index (κ1) is 53.7. The summed E-state index contributed by atoms with van der Waals surface area (Å²) < 4.78 is 19.0. The van der Waals surface area contributed by atoms with Crippen LogP contribution in [0.4, 0.5) is 0 Å². The molecule has 9 atom stereocenters. The fraction of sp³-hybridized carbons (Fsp3) is 0.897. The van der Waals surface area contributed by atoms with Crippen molar-refractivity contribution < 1.29 is 14.2 Å². The maximum absolute atomic E-state index is 6.61. The minimum Gasteiger partial charge on any atom is -0.379 e. The zero-order valence-corrected chi connectivity index (χ0v) is 42.7. The molecule has 360 valence electrons. The molecule has 62 heavy (non-hydrogen) atoms. The molecule has 0 saturated heterocycles. The highest BCUT2D eigenvalue weighted by molar-refractivity contribution is 5.25. The summed E-state index contributed by atoms with van der Waals surface area (Å²) >= 11 is 0. The number of likely N-dealkylation sites (N-methyl/N-ethyl adjacent to an activating group) is 1. The van der Waals surface area contributed by atoms with Gasteiger partial charge in [0.15, 0.2) is 0 Å². The van der Waals surface area contributed by atoms with Crippen molar-refractivity contribution in [3.63, 3.8) is 0 Å². The highest BCUT2D eigenvalue weighted by Crippen LogP contribution is 2.67. The van der Waals surface area contributed by atoms with Crippen LogP contribution in [0.5, 0.6) is 0 Å². The van der Waals surface area contributed by atoms with Crippen molar-refractivity contribution in [2.24, 2.45) is 46.3 Å². The molecule has 0 aromatic heterocycles. The van der Waals surface area contributed by atoms with E-state index in [2.05, 4.69) is 90.9 Å². The molecular formula is C58H105NO3. The van der Waals surface area contributed by atoms with E-state index in [9.17, 15) is 0 Å². The Kier molecular flexibility index (Phi) is 26.3. The standard InChI is InChI=1S/C58H105NO3/c1-9-10-11-12-13-14-15-16-17-18-19-20-21-22-25-28-42-60-47-52(46-59(7)8)62-44-30-27-24-23-26-29-43-61-51-38-40-57(5)50(45-51)34-35-53-55-37-36-54(49(4)33-31-32-48(2)3)58(55,6)41-39-56(53)57/h13-14,16-17,34,48-49,51-56H,9-12,15,18-33,35-47H2,1-8H3/b14-13-,17-16-/t49-,51+,52?,53?,54-,55?,56?,57+,58-/m1/s1. The van der Waals surface area contributed by atoms with Gasteiger partial charge in [0.05, 0.1) is 18.8 Å². The molecule has 0 N–H and O–H groups in total. The topological polar surface area (TPSA) is 30.9 Å². The number of ether oxygens (including phenoxy) is 3. The Labute approximate surface area is 387 Å². The zero-order chi connectivity index (χ0) is 44.5. The van der Waals surface area contributed by atoms with Gasteiger partial charge in [0.1, 0.15) is 0 Å². The molecule has 0 heterocycles. The van der Waals surface area contributed by atoms with Crippen LogP contribution in [0.15, 0.2) is 36.0 Å². The second-order valence-electron chi connectivity index (χ2n) is 22.6. The van der Waals surface area contributed by atoms with Crippen molar-refractivity contribution in [1.82, 2.24) is 4.90 Å². The van der Waals surface area contributed by atoms with Crippen LogP contribution in [0.3, 0.4) is 0 Å². The Morgan fingerprint density at radius 2 is 1.35 bits per heavy atom. The lowest BCUT2D eigenvalue weighted by atomic mass is 9.47. The van der Waals surface area contributed by atoms with Gasteiger partial charge in [-0.3, -0.25) is 0 Å². The van der Waals surface area contributed by atoms with Gasteiger partial charge < -0.3 is 19.1 Å². The monoisotopic (exact) mass is 864 g/mol. The molecule has 0 radical (unpaired) electrons. The fourth-order valence-electron chi connectivity index (χ4n) is 13.2.